The lowest BCUT2D eigenvalue weighted by atomic mass is 10.3. The van der Waals surface area contributed by atoms with E-state index in [0.717, 1.165) is 24.3 Å². The lowest BCUT2D eigenvalue weighted by molar-refractivity contribution is 0.388. The van der Waals surface area contributed by atoms with E-state index in [1.165, 1.54) is 0 Å². The summed E-state index contributed by atoms with van der Waals surface area (Å²) in [5.74, 6) is 1.21. The van der Waals surface area contributed by atoms with Crippen LogP contribution in [0.3, 0.4) is 0 Å². The van der Waals surface area contributed by atoms with E-state index < -0.39 is 0 Å². The van der Waals surface area contributed by atoms with Gasteiger partial charge in [-0.15, -0.1) is 0 Å². The van der Waals surface area contributed by atoms with E-state index in [-0.39, 0.29) is 0 Å². The monoisotopic (exact) mass is 247 g/mol. The summed E-state index contributed by atoms with van der Waals surface area (Å²) >= 11 is 0. The summed E-state index contributed by atoms with van der Waals surface area (Å²) in [5.41, 5.74) is 1.93. The van der Waals surface area contributed by atoms with Crippen molar-refractivity contribution in [3.63, 3.8) is 0 Å². The lowest BCUT2D eigenvalue weighted by Crippen LogP contribution is -2.04. The number of nitrogens with zero attached hydrogens (tertiary/aromatic N) is 3. The highest BCUT2D eigenvalue weighted by Crippen LogP contribution is 2.13. The van der Waals surface area contributed by atoms with Crippen molar-refractivity contribution in [1.29, 1.82) is 0 Å². The molecule has 0 aliphatic heterocycles. The fraction of sp³-hybridized carbons (Fsp3) is 0.417. The van der Waals surface area contributed by atoms with E-state index in [2.05, 4.69) is 32.7 Å². The van der Waals surface area contributed by atoms with Gasteiger partial charge >= 0.3 is 0 Å². The van der Waals surface area contributed by atoms with Gasteiger partial charge in [-0.05, 0) is 12.5 Å². The predicted molar refractivity (Wildman–Crippen MR) is 69.4 cm³/mol. The number of nitrogens with one attached hydrogen (secondary N) is 2. The molecule has 96 valence electrons. The van der Waals surface area contributed by atoms with Crippen LogP contribution in [0.4, 0.5) is 11.4 Å². The Bertz CT molecular complexity index is 497. The Morgan fingerprint density at radius 3 is 2.67 bits per heavy atom. The summed E-state index contributed by atoms with van der Waals surface area (Å²) < 4.78 is 4.90. The lowest BCUT2D eigenvalue weighted by Gasteiger charge is -2.07. The number of hydrogen-bond donors (Lipinski definition) is 2. The number of aryl methyl sites for hydroxylation is 1. The molecule has 0 bridgehead atoms. The Morgan fingerprint density at radius 1 is 1.22 bits per heavy atom. The van der Waals surface area contributed by atoms with Gasteiger partial charge in [0, 0.05) is 13.5 Å². The minimum Gasteiger partial charge on any atom is -0.384 e. The van der Waals surface area contributed by atoms with Gasteiger partial charge in [0.15, 0.2) is 5.82 Å². The summed E-state index contributed by atoms with van der Waals surface area (Å²) in [6.07, 6.45) is 4.66. The largest absolute Gasteiger partial charge is 0.384 e. The van der Waals surface area contributed by atoms with Crippen molar-refractivity contribution in [1.82, 2.24) is 15.1 Å². The van der Waals surface area contributed by atoms with Crippen molar-refractivity contribution in [2.75, 3.05) is 17.2 Å². The molecule has 18 heavy (non-hydrogen) atoms. The molecule has 0 aliphatic rings. The highest BCUT2D eigenvalue weighted by Gasteiger charge is 2.02. The first-order valence-electron chi connectivity index (χ1n) is 6.00. The molecule has 2 heterocycles. The van der Waals surface area contributed by atoms with Crippen LogP contribution in [-0.4, -0.2) is 21.7 Å². The molecule has 0 fully saturated rings. The Hall–Kier alpha value is -2.11. The van der Waals surface area contributed by atoms with Crippen molar-refractivity contribution in [2.45, 2.75) is 26.8 Å². The summed E-state index contributed by atoms with van der Waals surface area (Å²) in [6, 6.07) is 2.01. The smallest absolute Gasteiger partial charge is 0.223 e. The highest BCUT2D eigenvalue weighted by molar-refractivity contribution is 5.53. The van der Waals surface area contributed by atoms with Crippen molar-refractivity contribution < 1.29 is 4.52 Å². The van der Waals surface area contributed by atoms with Crippen molar-refractivity contribution >= 4 is 11.4 Å². The maximum Gasteiger partial charge on any atom is 0.223 e. The zero-order valence-electron chi connectivity index (χ0n) is 10.6. The molecule has 0 aromatic carbocycles. The van der Waals surface area contributed by atoms with Crippen LogP contribution >= 0.6 is 0 Å². The second-order valence-electron chi connectivity index (χ2n) is 3.97. The third-order valence-corrected chi connectivity index (χ3v) is 2.34. The van der Waals surface area contributed by atoms with Gasteiger partial charge in [0.25, 0.3) is 0 Å². The fourth-order valence-corrected chi connectivity index (χ4v) is 1.50. The molecular weight excluding hydrogens is 230 g/mol. The van der Waals surface area contributed by atoms with Crippen LogP contribution in [0, 0.1) is 6.92 Å². The van der Waals surface area contributed by atoms with E-state index in [9.17, 15) is 0 Å². The molecule has 0 unspecified atom stereocenters. The third kappa shape index (κ3) is 3.44. The zero-order chi connectivity index (χ0) is 12.8. The molecular formula is C12H17N5O. The SMILES string of the molecule is CCCNc1cncc(NCc2noc(C)n2)c1. The quantitative estimate of drug-likeness (QED) is 0.815. The molecule has 0 aliphatic carbocycles. The van der Waals surface area contributed by atoms with E-state index in [4.69, 9.17) is 4.52 Å². The van der Waals surface area contributed by atoms with Gasteiger partial charge in [-0.25, -0.2) is 0 Å². The first kappa shape index (κ1) is 12.3. The van der Waals surface area contributed by atoms with Gasteiger partial charge in [-0.2, -0.15) is 4.98 Å². The van der Waals surface area contributed by atoms with Crippen LogP contribution in [0.25, 0.3) is 0 Å². The van der Waals surface area contributed by atoms with Crippen LogP contribution in [-0.2, 0) is 6.54 Å². The molecule has 6 nitrogen and oxygen atoms in total. The number of aromatic nitrogens is 3. The van der Waals surface area contributed by atoms with Gasteiger partial charge in [0.05, 0.1) is 30.3 Å². The van der Waals surface area contributed by atoms with Gasteiger partial charge in [-0.1, -0.05) is 12.1 Å². The second kappa shape index (κ2) is 6.00. The zero-order valence-corrected chi connectivity index (χ0v) is 10.6. The summed E-state index contributed by atoms with van der Waals surface area (Å²) in [5, 5.41) is 10.3. The van der Waals surface area contributed by atoms with Crippen LogP contribution in [0.15, 0.2) is 23.0 Å². The van der Waals surface area contributed by atoms with E-state index in [0.29, 0.717) is 18.3 Å². The Kier molecular flexibility index (Phi) is 4.11. The molecule has 6 heteroatoms. The molecule has 0 atom stereocenters. The highest BCUT2D eigenvalue weighted by atomic mass is 16.5. The summed E-state index contributed by atoms with van der Waals surface area (Å²) in [6.45, 7) is 5.36. The summed E-state index contributed by atoms with van der Waals surface area (Å²) in [7, 11) is 0. The van der Waals surface area contributed by atoms with Crippen LogP contribution in [0.5, 0.6) is 0 Å². The first-order valence-corrected chi connectivity index (χ1v) is 6.00. The molecule has 2 N–H and O–H groups in total. The van der Waals surface area contributed by atoms with Gasteiger partial charge in [0.1, 0.15) is 0 Å². The van der Waals surface area contributed by atoms with Gasteiger partial charge < -0.3 is 15.2 Å². The van der Waals surface area contributed by atoms with Crippen molar-refractivity contribution in [3.05, 3.63) is 30.2 Å². The average Bonchev–Trinajstić information content (AvgIpc) is 2.80. The molecule has 0 saturated heterocycles. The Labute approximate surface area is 106 Å². The maximum absolute atomic E-state index is 4.90. The van der Waals surface area contributed by atoms with Crippen molar-refractivity contribution in [2.24, 2.45) is 0 Å². The first-order chi connectivity index (χ1) is 8.78. The molecule has 0 saturated carbocycles. The van der Waals surface area contributed by atoms with E-state index in [1.54, 1.807) is 19.3 Å². The maximum atomic E-state index is 4.90. The average molecular weight is 247 g/mol. The predicted octanol–water partition coefficient (Wildman–Crippen LogP) is 2.21. The standard InChI is InChI=1S/C12H17N5O/c1-3-4-14-10-5-11(7-13-6-10)15-8-12-16-9(2)18-17-12/h5-7,14-15H,3-4,8H2,1-2H3. The van der Waals surface area contributed by atoms with E-state index in [1.807, 2.05) is 6.07 Å². The van der Waals surface area contributed by atoms with Crippen LogP contribution in [0.2, 0.25) is 0 Å². The van der Waals surface area contributed by atoms with Gasteiger partial charge in [0.2, 0.25) is 5.89 Å². The molecule has 0 amide bonds. The van der Waals surface area contributed by atoms with Crippen LogP contribution < -0.4 is 10.6 Å². The molecule has 2 rings (SSSR count). The number of anilines is 2. The normalized spacial score (nSPS) is 10.3. The molecule has 2 aromatic heterocycles. The van der Waals surface area contributed by atoms with Gasteiger partial charge in [-0.3, -0.25) is 4.98 Å². The minimum absolute atomic E-state index is 0.524. The summed E-state index contributed by atoms with van der Waals surface area (Å²) in [4.78, 5) is 8.29. The third-order valence-electron chi connectivity index (χ3n) is 2.34. The fourth-order valence-electron chi connectivity index (χ4n) is 1.50. The van der Waals surface area contributed by atoms with Crippen molar-refractivity contribution in [3.8, 4) is 0 Å². The molecule has 0 radical (unpaired) electrons. The Morgan fingerprint density at radius 2 is 2.00 bits per heavy atom. The molecule has 0 spiro atoms. The minimum atomic E-state index is 0.524. The number of hydrogen-bond acceptors (Lipinski definition) is 6. The molecule has 2 aromatic rings. The van der Waals surface area contributed by atoms with E-state index >= 15 is 0 Å². The Balaban J connectivity index is 1.92. The topological polar surface area (TPSA) is 75.9 Å². The number of rotatable bonds is 6. The second-order valence-corrected chi connectivity index (χ2v) is 3.97. The number of pyridine rings is 1. The van der Waals surface area contributed by atoms with Crippen LogP contribution in [0.1, 0.15) is 25.1 Å².